The average Bonchev–Trinajstić information content (AvgIpc) is 2.38. The minimum Gasteiger partial charge on any atom is -0.478 e. The highest BCUT2D eigenvalue weighted by Gasteiger charge is 2.26. The van der Waals surface area contributed by atoms with Crippen LogP contribution >= 0.6 is 0 Å². The van der Waals surface area contributed by atoms with E-state index in [-0.39, 0.29) is 23.1 Å². The van der Waals surface area contributed by atoms with Gasteiger partial charge in [0.2, 0.25) is 5.82 Å². The topological polar surface area (TPSA) is 123 Å². The third kappa shape index (κ3) is 2.79. The molecule has 0 unspecified atom stereocenters. The number of carbonyl (C=O) groups is 1. The number of aromatic nitrogens is 1. The van der Waals surface area contributed by atoms with Crippen LogP contribution in [0, 0.1) is 10.1 Å². The first kappa shape index (κ1) is 13.2. The van der Waals surface area contributed by atoms with E-state index < -0.39 is 10.9 Å². The number of pyridine rings is 1. The van der Waals surface area contributed by atoms with Gasteiger partial charge < -0.3 is 15.7 Å². The molecule has 3 N–H and O–H groups in total. The molecule has 8 heteroatoms. The van der Waals surface area contributed by atoms with Crippen LogP contribution in [0.3, 0.4) is 0 Å². The summed E-state index contributed by atoms with van der Waals surface area (Å²) in [6, 6.07) is 1.15. The van der Waals surface area contributed by atoms with Gasteiger partial charge >= 0.3 is 11.7 Å². The fraction of sp³-hybridized carbons (Fsp3) is 0.455. The Morgan fingerprint density at radius 2 is 2.16 bits per heavy atom. The lowest BCUT2D eigenvalue weighted by Crippen LogP contribution is -2.40. The normalized spacial score (nSPS) is 16.4. The molecule has 2 rings (SSSR count). The van der Waals surface area contributed by atoms with Gasteiger partial charge in [-0.15, -0.1) is 0 Å². The van der Waals surface area contributed by atoms with E-state index in [1.54, 1.807) is 4.90 Å². The molecule has 1 aliphatic heterocycles. The van der Waals surface area contributed by atoms with Crippen molar-refractivity contribution in [1.29, 1.82) is 0 Å². The first-order valence-electron chi connectivity index (χ1n) is 5.87. The van der Waals surface area contributed by atoms with Gasteiger partial charge in [-0.2, -0.15) is 0 Å². The molecule has 8 nitrogen and oxygen atoms in total. The fourth-order valence-electron chi connectivity index (χ4n) is 2.05. The molecule has 0 spiro atoms. The zero-order valence-electron chi connectivity index (χ0n) is 10.2. The maximum atomic E-state index is 11.0. The van der Waals surface area contributed by atoms with Crippen molar-refractivity contribution in [1.82, 2.24) is 4.98 Å². The Bertz CT molecular complexity index is 511. The highest BCUT2D eigenvalue weighted by atomic mass is 16.6. The number of carboxylic acids is 1. The molecular formula is C11H14N4O4. The van der Waals surface area contributed by atoms with Gasteiger partial charge in [0.25, 0.3) is 0 Å². The second kappa shape index (κ2) is 5.19. The van der Waals surface area contributed by atoms with Crippen LogP contribution in [-0.2, 0) is 0 Å². The molecule has 0 amide bonds. The van der Waals surface area contributed by atoms with Crippen LogP contribution < -0.4 is 10.6 Å². The van der Waals surface area contributed by atoms with Gasteiger partial charge in [0.05, 0.1) is 10.5 Å². The molecule has 1 aliphatic rings. The predicted octanol–water partition coefficient (Wildman–Crippen LogP) is 0.615. The van der Waals surface area contributed by atoms with Crippen molar-refractivity contribution < 1.29 is 14.8 Å². The van der Waals surface area contributed by atoms with E-state index in [0.29, 0.717) is 13.1 Å². The van der Waals surface area contributed by atoms with E-state index >= 15 is 0 Å². The van der Waals surface area contributed by atoms with Crippen LogP contribution in [-0.4, -0.2) is 40.1 Å². The Morgan fingerprint density at radius 1 is 1.53 bits per heavy atom. The number of aromatic carboxylic acids is 1. The van der Waals surface area contributed by atoms with Crippen LogP contribution in [0.4, 0.5) is 11.5 Å². The SMILES string of the molecule is NC1CCN(c2ncc(C(=O)O)cc2[N+](=O)[O-])CC1. The third-order valence-electron chi connectivity index (χ3n) is 3.13. The van der Waals surface area contributed by atoms with E-state index in [1.807, 2.05) is 0 Å². The van der Waals surface area contributed by atoms with Gasteiger partial charge in [-0.3, -0.25) is 10.1 Å². The number of carboxylic acid groups (broad SMARTS) is 1. The Balaban J connectivity index is 2.34. The number of rotatable bonds is 3. The zero-order valence-corrected chi connectivity index (χ0v) is 10.2. The summed E-state index contributed by atoms with van der Waals surface area (Å²) >= 11 is 0. The maximum Gasteiger partial charge on any atom is 0.337 e. The van der Waals surface area contributed by atoms with Crippen molar-refractivity contribution >= 4 is 17.5 Å². The molecule has 1 aromatic rings. The quantitative estimate of drug-likeness (QED) is 0.607. The van der Waals surface area contributed by atoms with E-state index in [9.17, 15) is 14.9 Å². The molecule has 2 heterocycles. The summed E-state index contributed by atoms with van der Waals surface area (Å²) in [5, 5.41) is 19.9. The van der Waals surface area contributed by atoms with Crippen LogP contribution in [0.15, 0.2) is 12.3 Å². The number of anilines is 1. The minimum atomic E-state index is -1.23. The van der Waals surface area contributed by atoms with Crippen LogP contribution in [0.2, 0.25) is 0 Å². The van der Waals surface area contributed by atoms with E-state index in [1.165, 1.54) is 0 Å². The lowest BCUT2D eigenvalue weighted by molar-refractivity contribution is -0.384. The standard InChI is InChI=1S/C11H14N4O4/c12-8-1-3-14(4-2-8)10-9(15(18)19)5-7(6-13-10)11(16)17/h5-6,8H,1-4,12H2,(H,16,17). The first-order valence-corrected chi connectivity index (χ1v) is 5.87. The molecule has 0 aromatic carbocycles. The summed E-state index contributed by atoms with van der Waals surface area (Å²) in [5.74, 6) is -1.02. The lowest BCUT2D eigenvalue weighted by Gasteiger charge is -2.30. The van der Waals surface area contributed by atoms with Crippen molar-refractivity contribution in [3.05, 3.63) is 27.9 Å². The van der Waals surface area contributed by atoms with Gasteiger partial charge in [0.1, 0.15) is 0 Å². The molecular weight excluding hydrogens is 252 g/mol. The van der Waals surface area contributed by atoms with Crippen LogP contribution in [0.1, 0.15) is 23.2 Å². The highest BCUT2D eigenvalue weighted by molar-refractivity contribution is 5.88. The van der Waals surface area contributed by atoms with E-state index in [4.69, 9.17) is 10.8 Å². The molecule has 0 saturated carbocycles. The van der Waals surface area contributed by atoms with Crippen molar-refractivity contribution in [3.8, 4) is 0 Å². The van der Waals surface area contributed by atoms with Crippen LogP contribution in [0.25, 0.3) is 0 Å². The minimum absolute atomic E-state index is 0.105. The second-order valence-corrected chi connectivity index (χ2v) is 4.45. The number of piperidine rings is 1. The lowest BCUT2D eigenvalue weighted by atomic mass is 10.1. The number of hydrogen-bond donors (Lipinski definition) is 2. The Morgan fingerprint density at radius 3 is 2.68 bits per heavy atom. The number of nitrogens with two attached hydrogens (primary N) is 1. The Hall–Kier alpha value is -2.22. The average molecular weight is 266 g/mol. The molecule has 1 aromatic heterocycles. The summed E-state index contributed by atoms with van der Waals surface area (Å²) < 4.78 is 0. The van der Waals surface area contributed by atoms with Gasteiger partial charge in [0, 0.05) is 31.4 Å². The van der Waals surface area contributed by atoms with Crippen molar-refractivity contribution in [3.63, 3.8) is 0 Å². The summed E-state index contributed by atoms with van der Waals surface area (Å²) in [4.78, 5) is 26.9. The Kier molecular flexibility index (Phi) is 3.61. The smallest absolute Gasteiger partial charge is 0.337 e. The molecule has 102 valence electrons. The summed E-state index contributed by atoms with van der Waals surface area (Å²) in [6.45, 7) is 1.17. The number of nitrogens with zero attached hydrogens (tertiary/aromatic N) is 3. The third-order valence-corrected chi connectivity index (χ3v) is 3.13. The number of hydrogen-bond acceptors (Lipinski definition) is 6. The summed E-state index contributed by atoms with van der Waals surface area (Å²) in [6.07, 6.45) is 2.61. The second-order valence-electron chi connectivity index (χ2n) is 4.45. The monoisotopic (exact) mass is 266 g/mol. The van der Waals surface area contributed by atoms with Gasteiger partial charge in [-0.1, -0.05) is 0 Å². The molecule has 19 heavy (non-hydrogen) atoms. The zero-order chi connectivity index (χ0) is 14.0. The maximum absolute atomic E-state index is 11.0. The van der Waals surface area contributed by atoms with Crippen molar-refractivity contribution in [2.75, 3.05) is 18.0 Å². The van der Waals surface area contributed by atoms with Gasteiger partial charge in [-0.25, -0.2) is 9.78 Å². The van der Waals surface area contributed by atoms with Crippen LogP contribution in [0.5, 0.6) is 0 Å². The molecule has 0 atom stereocenters. The summed E-state index contributed by atoms with van der Waals surface area (Å²) in [5.41, 5.74) is 5.31. The largest absolute Gasteiger partial charge is 0.478 e. The molecule has 1 saturated heterocycles. The molecule has 0 bridgehead atoms. The Labute approximate surface area is 109 Å². The van der Waals surface area contributed by atoms with Crippen molar-refractivity contribution in [2.45, 2.75) is 18.9 Å². The van der Waals surface area contributed by atoms with Gasteiger partial charge in [-0.05, 0) is 12.8 Å². The highest BCUT2D eigenvalue weighted by Crippen LogP contribution is 2.28. The van der Waals surface area contributed by atoms with Gasteiger partial charge in [0.15, 0.2) is 0 Å². The fourth-order valence-corrected chi connectivity index (χ4v) is 2.05. The first-order chi connectivity index (χ1) is 8.99. The molecule has 1 fully saturated rings. The predicted molar refractivity (Wildman–Crippen MR) is 67.3 cm³/mol. The number of nitro groups is 1. The van der Waals surface area contributed by atoms with E-state index in [2.05, 4.69) is 4.98 Å². The molecule has 0 radical (unpaired) electrons. The van der Waals surface area contributed by atoms with E-state index in [0.717, 1.165) is 25.1 Å². The van der Waals surface area contributed by atoms with Crippen molar-refractivity contribution in [2.24, 2.45) is 5.73 Å². The summed E-state index contributed by atoms with van der Waals surface area (Å²) in [7, 11) is 0. The molecule has 0 aliphatic carbocycles.